The summed E-state index contributed by atoms with van der Waals surface area (Å²) in [6.45, 7) is 6.56. The fraction of sp³-hybridized carbons (Fsp3) is 0.471. The number of benzene rings is 1. The summed E-state index contributed by atoms with van der Waals surface area (Å²) in [5.74, 6) is -0.801. The monoisotopic (exact) mass is 315 g/mol. The largest absolute Gasteiger partial charge is 0.380 e. The van der Waals surface area contributed by atoms with E-state index in [0.717, 1.165) is 11.3 Å². The lowest BCUT2D eigenvalue weighted by atomic mass is 10.0. The van der Waals surface area contributed by atoms with Crippen LogP contribution in [-0.4, -0.2) is 34.2 Å². The number of anilines is 1. The third-order valence-corrected chi connectivity index (χ3v) is 4.09. The summed E-state index contributed by atoms with van der Waals surface area (Å²) >= 11 is 0. The molecular formula is C17H21N3O3. The molecule has 6 nitrogen and oxygen atoms in total. The third kappa shape index (κ3) is 2.93. The predicted molar refractivity (Wildman–Crippen MR) is 85.9 cm³/mol. The summed E-state index contributed by atoms with van der Waals surface area (Å²) in [7, 11) is 0. The zero-order valence-electron chi connectivity index (χ0n) is 13.6. The molecule has 6 heteroatoms. The Balaban J connectivity index is 1.88. The maximum Gasteiger partial charge on any atom is 0.255 e. The average Bonchev–Trinajstić information content (AvgIpc) is 2.76. The smallest absolute Gasteiger partial charge is 0.255 e. The summed E-state index contributed by atoms with van der Waals surface area (Å²) in [6, 6.07) is 5.01. The van der Waals surface area contributed by atoms with Gasteiger partial charge in [0.15, 0.2) is 0 Å². The Kier molecular flexibility index (Phi) is 3.62. The second kappa shape index (κ2) is 5.37. The molecule has 1 atom stereocenters. The van der Waals surface area contributed by atoms with Gasteiger partial charge in [0.25, 0.3) is 5.91 Å². The molecule has 1 fully saturated rings. The van der Waals surface area contributed by atoms with Gasteiger partial charge in [-0.3, -0.25) is 19.7 Å². The van der Waals surface area contributed by atoms with Gasteiger partial charge in [-0.25, -0.2) is 0 Å². The van der Waals surface area contributed by atoms with Crippen molar-refractivity contribution in [3.8, 4) is 0 Å². The van der Waals surface area contributed by atoms with Crippen molar-refractivity contribution in [3.63, 3.8) is 0 Å². The minimum atomic E-state index is -0.574. The van der Waals surface area contributed by atoms with Crippen LogP contribution in [0.4, 0.5) is 5.69 Å². The number of hydrogen-bond donors (Lipinski definition) is 2. The van der Waals surface area contributed by atoms with Crippen LogP contribution >= 0.6 is 0 Å². The molecule has 2 aliphatic rings. The van der Waals surface area contributed by atoms with Crippen molar-refractivity contribution in [3.05, 3.63) is 29.3 Å². The predicted octanol–water partition coefficient (Wildman–Crippen LogP) is 1.66. The maximum absolute atomic E-state index is 12.7. The maximum atomic E-state index is 12.7. The first-order chi connectivity index (χ1) is 10.8. The van der Waals surface area contributed by atoms with Crippen LogP contribution in [0.15, 0.2) is 18.2 Å². The second-order valence-corrected chi connectivity index (χ2v) is 7.11. The van der Waals surface area contributed by atoms with E-state index in [1.165, 1.54) is 0 Å². The Morgan fingerprint density at radius 3 is 2.61 bits per heavy atom. The van der Waals surface area contributed by atoms with Gasteiger partial charge in [-0.1, -0.05) is 6.07 Å². The van der Waals surface area contributed by atoms with Gasteiger partial charge in [0, 0.05) is 35.3 Å². The van der Waals surface area contributed by atoms with Crippen molar-refractivity contribution in [2.45, 2.75) is 51.7 Å². The van der Waals surface area contributed by atoms with Crippen molar-refractivity contribution in [1.82, 2.24) is 10.2 Å². The van der Waals surface area contributed by atoms with Crippen molar-refractivity contribution >= 4 is 23.4 Å². The topological polar surface area (TPSA) is 78.5 Å². The molecule has 1 saturated heterocycles. The van der Waals surface area contributed by atoms with Crippen LogP contribution < -0.4 is 10.6 Å². The molecule has 1 aromatic carbocycles. The average molecular weight is 315 g/mol. The molecule has 1 unspecified atom stereocenters. The van der Waals surface area contributed by atoms with E-state index < -0.39 is 6.04 Å². The molecule has 3 rings (SSSR count). The molecule has 0 bridgehead atoms. The number of carbonyl (C=O) groups excluding carboxylic acids is 3. The van der Waals surface area contributed by atoms with E-state index in [2.05, 4.69) is 31.4 Å². The van der Waals surface area contributed by atoms with Crippen LogP contribution in [0.3, 0.4) is 0 Å². The first-order valence-corrected chi connectivity index (χ1v) is 7.81. The first-order valence-electron chi connectivity index (χ1n) is 7.81. The Hall–Kier alpha value is -2.37. The fourth-order valence-corrected chi connectivity index (χ4v) is 3.11. The highest BCUT2D eigenvalue weighted by Crippen LogP contribution is 2.33. The van der Waals surface area contributed by atoms with Crippen LogP contribution in [0.2, 0.25) is 0 Å². The Bertz CT molecular complexity index is 691. The van der Waals surface area contributed by atoms with Crippen LogP contribution in [0, 0.1) is 0 Å². The quantitative estimate of drug-likeness (QED) is 0.814. The van der Waals surface area contributed by atoms with Gasteiger partial charge in [0.05, 0.1) is 0 Å². The Labute approximate surface area is 135 Å². The minimum Gasteiger partial charge on any atom is -0.380 e. The number of piperidine rings is 1. The summed E-state index contributed by atoms with van der Waals surface area (Å²) in [5, 5.41) is 5.73. The zero-order valence-corrected chi connectivity index (χ0v) is 13.6. The molecule has 0 spiro atoms. The second-order valence-electron chi connectivity index (χ2n) is 7.11. The van der Waals surface area contributed by atoms with Gasteiger partial charge in [0.2, 0.25) is 11.8 Å². The van der Waals surface area contributed by atoms with Gasteiger partial charge in [-0.2, -0.15) is 0 Å². The molecule has 0 saturated carbocycles. The van der Waals surface area contributed by atoms with E-state index >= 15 is 0 Å². The summed E-state index contributed by atoms with van der Waals surface area (Å²) in [4.78, 5) is 37.6. The lowest BCUT2D eigenvalue weighted by molar-refractivity contribution is -0.136. The van der Waals surface area contributed by atoms with Crippen LogP contribution in [-0.2, 0) is 16.1 Å². The highest BCUT2D eigenvalue weighted by molar-refractivity contribution is 6.06. The lowest BCUT2D eigenvalue weighted by Gasteiger charge is -2.29. The first kappa shape index (κ1) is 15.5. The van der Waals surface area contributed by atoms with Crippen molar-refractivity contribution in [2.75, 3.05) is 5.32 Å². The number of fused-ring (bicyclic) bond motifs is 1. The zero-order chi connectivity index (χ0) is 16.8. The molecule has 0 aliphatic carbocycles. The summed E-state index contributed by atoms with van der Waals surface area (Å²) in [6.07, 6.45) is 0.649. The Morgan fingerprint density at radius 1 is 1.22 bits per heavy atom. The number of amides is 3. The summed E-state index contributed by atoms with van der Waals surface area (Å²) in [5.41, 5.74) is 2.33. The van der Waals surface area contributed by atoms with Gasteiger partial charge < -0.3 is 10.2 Å². The van der Waals surface area contributed by atoms with Gasteiger partial charge in [0.1, 0.15) is 6.04 Å². The SMILES string of the molecule is CC(C)(C)Nc1cccc2c1CN(C1CCC(=O)NC1=O)C2=O. The third-order valence-electron chi connectivity index (χ3n) is 4.09. The molecule has 2 aliphatic heterocycles. The van der Waals surface area contributed by atoms with E-state index in [-0.39, 0.29) is 29.7 Å². The van der Waals surface area contributed by atoms with Gasteiger partial charge in [-0.15, -0.1) is 0 Å². The standard InChI is InChI=1S/C17H21N3O3/c1-17(2,3)19-12-6-4-5-10-11(12)9-20(16(10)23)13-7-8-14(21)18-15(13)22/h4-6,13,19H,7-9H2,1-3H3,(H,18,21,22). The molecule has 122 valence electrons. The fourth-order valence-electron chi connectivity index (χ4n) is 3.11. The van der Waals surface area contributed by atoms with Crippen molar-refractivity contribution < 1.29 is 14.4 Å². The lowest BCUT2D eigenvalue weighted by Crippen LogP contribution is -2.52. The molecule has 2 N–H and O–H groups in total. The van der Waals surface area contributed by atoms with E-state index in [1.54, 1.807) is 11.0 Å². The summed E-state index contributed by atoms with van der Waals surface area (Å²) < 4.78 is 0. The van der Waals surface area contributed by atoms with Gasteiger partial charge >= 0.3 is 0 Å². The van der Waals surface area contributed by atoms with Crippen molar-refractivity contribution in [1.29, 1.82) is 0 Å². The molecule has 3 amide bonds. The highest BCUT2D eigenvalue weighted by Gasteiger charge is 2.39. The van der Waals surface area contributed by atoms with Crippen LogP contribution in [0.25, 0.3) is 0 Å². The molecule has 0 radical (unpaired) electrons. The Morgan fingerprint density at radius 2 is 1.96 bits per heavy atom. The molecule has 2 heterocycles. The normalized spacial score (nSPS) is 21.3. The number of imide groups is 1. The van der Waals surface area contributed by atoms with Crippen LogP contribution in [0.1, 0.15) is 49.5 Å². The molecule has 23 heavy (non-hydrogen) atoms. The number of carbonyl (C=O) groups is 3. The van der Waals surface area contributed by atoms with Crippen LogP contribution in [0.5, 0.6) is 0 Å². The van der Waals surface area contributed by atoms with Gasteiger partial charge in [-0.05, 0) is 39.3 Å². The molecular weight excluding hydrogens is 294 g/mol. The number of nitrogens with zero attached hydrogens (tertiary/aromatic N) is 1. The van der Waals surface area contributed by atoms with E-state index in [0.29, 0.717) is 18.5 Å². The van der Waals surface area contributed by atoms with E-state index in [4.69, 9.17) is 0 Å². The van der Waals surface area contributed by atoms with E-state index in [1.807, 2.05) is 12.1 Å². The number of hydrogen-bond acceptors (Lipinski definition) is 4. The van der Waals surface area contributed by atoms with E-state index in [9.17, 15) is 14.4 Å². The number of rotatable bonds is 2. The highest BCUT2D eigenvalue weighted by atomic mass is 16.2. The number of nitrogens with one attached hydrogen (secondary N) is 2. The van der Waals surface area contributed by atoms with Crippen molar-refractivity contribution in [2.24, 2.45) is 0 Å². The minimum absolute atomic E-state index is 0.125. The molecule has 0 aromatic heterocycles. The molecule has 1 aromatic rings.